The van der Waals surface area contributed by atoms with E-state index >= 15 is 0 Å². The second kappa shape index (κ2) is 8.30. The Morgan fingerprint density at radius 3 is 2.57 bits per heavy atom. The molecule has 1 unspecified atom stereocenters. The molecule has 2 aliphatic rings. The lowest BCUT2D eigenvalue weighted by Crippen LogP contribution is -2.47. The average Bonchev–Trinajstić information content (AvgIpc) is 3.06. The maximum absolute atomic E-state index is 14.0. The molecule has 0 spiro atoms. The van der Waals surface area contributed by atoms with E-state index in [-0.39, 0.29) is 24.4 Å². The van der Waals surface area contributed by atoms with Gasteiger partial charge in [-0.05, 0) is 49.4 Å². The lowest BCUT2D eigenvalue weighted by atomic mass is 9.71. The van der Waals surface area contributed by atoms with Crippen LogP contribution in [0.1, 0.15) is 54.9 Å². The van der Waals surface area contributed by atoms with Gasteiger partial charge in [0.2, 0.25) is 5.96 Å². The van der Waals surface area contributed by atoms with Crippen molar-refractivity contribution in [1.82, 2.24) is 0 Å². The molecule has 2 aromatic rings. The predicted octanol–water partition coefficient (Wildman–Crippen LogP) is 4.00. The second-order valence-corrected chi connectivity index (χ2v) is 7.85. The normalized spacial score (nSPS) is 22.1. The van der Waals surface area contributed by atoms with Gasteiger partial charge in [0.05, 0.1) is 17.9 Å². The molecule has 0 aromatic heterocycles. The number of carbonyl (C=O) groups excluding carboxylic acids is 2. The highest BCUT2D eigenvalue weighted by Gasteiger charge is 2.54. The van der Waals surface area contributed by atoms with Crippen LogP contribution in [0.2, 0.25) is 0 Å². The fourth-order valence-corrected chi connectivity index (χ4v) is 4.69. The van der Waals surface area contributed by atoms with Gasteiger partial charge in [-0.1, -0.05) is 55.7 Å². The minimum absolute atomic E-state index is 0.0953. The quantitative estimate of drug-likeness (QED) is 0.762. The Balaban J connectivity index is 1.77. The van der Waals surface area contributed by atoms with Crippen LogP contribution in [-0.2, 0) is 15.1 Å². The number of hydrogen-bond acceptors (Lipinski definition) is 5. The minimum atomic E-state index is -1.02. The van der Waals surface area contributed by atoms with E-state index in [9.17, 15) is 9.59 Å². The van der Waals surface area contributed by atoms with Gasteiger partial charge >= 0.3 is 5.97 Å². The highest BCUT2D eigenvalue weighted by atomic mass is 16.5. The molecule has 156 valence electrons. The van der Waals surface area contributed by atoms with Crippen molar-refractivity contribution < 1.29 is 14.3 Å². The van der Waals surface area contributed by atoms with Gasteiger partial charge < -0.3 is 10.5 Å². The maximum Gasteiger partial charge on any atom is 0.338 e. The molecule has 0 bridgehead atoms. The molecule has 1 aliphatic carbocycles. The third-order valence-electron chi connectivity index (χ3n) is 6.07. The van der Waals surface area contributed by atoms with Crippen LogP contribution >= 0.6 is 0 Å². The maximum atomic E-state index is 14.0. The summed E-state index contributed by atoms with van der Waals surface area (Å²) in [5.74, 6) is -0.324. The van der Waals surface area contributed by atoms with Crippen LogP contribution in [0.15, 0.2) is 59.6 Å². The van der Waals surface area contributed by atoms with E-state index in [4.69, 9.17) is 15.5 Å². The molecule has 1 atom stereocenters. The van der Waals surface area contributed by atoms with Crippen molar-refractivity contribution in [3.05, 3.63) is 65.7 Å². The van der Waals surface area contributed by atoms with Crippen molar-refractivity contribution in [3.63, 3.8) is 0 Å². The lowest BCUT2D eigenvalue weighted by Gasteiger charge is -2.36. The summed E-state index contributed by atoms with van der Waals surface area (Å²) < 4.78 is 5.10. The number of carbonyl (C=O) groups is 2. The van der Waals surface area contributed by atoms with Gasteiger partial charge in [0, 0.05) is 0 Å². The summed E-state index contributed by atoms with van der Waals surface area (Å²) in [5, 5.41) is 0. The zero-order valence-corrected chi connectivity index (χ0v) is 17.2. The van der Waals surface area contributed by atoms with Crippen LogP contribution in [0.3, 0.4) is 0 Å². The monoisotopic (exact) mass is 405 g/mol. The fraction of sp³-hybridized carbons (Fsp3) is 0.375. The number of ether oxygens (including phenoxy) is 1. The van der Waals surface area contributed by atoms with Crippen LogP contribution < -0.4 is 10.6 Å². The van der Waals surface area contributed by atoms with Gasteiger partial charge in [-0.15, -0.1) is 0 Å². The molecule has 1 amide bonds. The number of nitrogens with two attached hydrogens (primary N) is 1. The molecule has 1 aliphatic heterocycles. The standard InChI is InChI=1S/C24H27N3O3/c1-2-30-21(28)17-10-9-15-20(16-17)27-22(29)24(26-23(27)25,18-11-5-3-6-12-18)19-13-7-4-8-14-19/h3,5-6,9-12,15-16,19H,2,4,7-8,13-14H2,1H3,(H2,25,26). The van der Waals surface area contributed by atoms with Crippen molar-refractivity contribution in [3.8, 4) is 0 Å². The molecule has 1 fully saturated rings. The van der Waals surface area contributed by atoms with E-state index in [1.54, 1.807) is 31.2 Å². The van der Waals surface area contributed by atoms with Crippen molar-refractivity contribution >= 4 is 23.5 Å². The fourth-order valence-electron chi connectivity index (χ4n) is 4.69. The molecule has 1 heterocycles. The second-order valence-electron chi connectivity index (χ2n) is 7.85. The van der Waals surface area contributed by atoms with Gasteiger partial charge in [-0.2, -0.15) is 0 Å². The predicted molar refractivity (Wildman–Crippen MR) is 116 cm³/mol. The number of guanidine groups is 1. The molecule has 6 nitrogen and oxygen atoms in total. The smallest absolute Gasteiger partial charge is 0.338 e. The van der Waals surface area contributed by atoms with Crippen molar-refractivity contribution in [2.75, 3.05) is 11.5 Å². The zero-order chi connectivity index (χ0) is 21.1. The molecular formula is C24H27N3O3. The number of anilines is 1. The van der Waals surface area contributed by atoms with E-state index < -0.39 is 11.5 Å². The van der Waals surface area contributed by atoms with Crippen molar-refractivity contribution in [2.24, 2.45) is 16.6 Å². The third-order valence-corrected chi connectivity index (χ3v) is 6.07. The Kier molecular flexibility index (Phi) is 5.57. The van der Waals surface area contributed by atoms with Gasteiger partial charge in [0.15, 0.2) is 5.54 Å². The minimum Gasteiger partial charge on any atom is -0.462 e. The van der Waals surface area contributed by atoms with Gasteiger partial charge in [-0.3, -0.25) is 4.79 Å². The van der Waals surface area contributed by atoms with E-state index in [1.165, 1.54) is 11.3 Å². The third kappa shape index (κ3) is 3.36. The highest BCUT2D eigenvalue weighted by molar-refractivity contribution is 6.23. The molecule has 4 rings (SSSR count). The summed E-state index contributed by atoms with van der Waals surface area (Å²) in [7, 11) is 0. The summed E-state index contributed by atoms with van der Waals surface area (Å²) >= 11 is 0. The number of benzene rings is 2. The van der Waals surface area contributed by atoms with Gasteiger partial charge in [-0.25, -0.2) is 14.7 Å². The Morgan fingerprint density at radius 2 is 1.87 bits per heavy atom. The van der Waals surface area contributed by atoms with E-state index in [2.05, 4.69) is 0 Å². The van der Waals surface area contributed by atoms with Gasteiger partial charge in [0.25, 0.3) is 5.91 Å². The SMILES string of the molecule is CCOC(=O)c1cccc(N2C(=O)C(c3ccccc3)(C3CCCCC3)N=C2N)c1. The summed E-state index contributed by atoms with van der Waals surface area (Å²) in [5.41, 5.74) is 7.10. The largest absolute Gasteiger partial charge is 0.462 e. The number of nitrogens with zero attached hydrogens (tertiary/aromatic N) is 2. The molecule has 6 heteroatoms. The topological polar surface area (TPSA) is 85.0 Å². The zero-order valence-electron chi connectivity index (χ0n) is 17.2. The summed E-state index contributed by atoms with van der Waals surface area (Å²) in [6, 6.07) is 16.5. The van der Waals surface area contributed by atoms with E-state index in [1.807, 2.05) is 30.3 Å². The Bertz CT molecular complexity index is 967. The lowest BCUT2D eigenvalue weighted by molar-refractivity contribution is -0.124. The van der Waals surface area contributed by atoms with Crippen molar-refractivity contribution in [1.29, 1.82) is 0 Å². The summed E-state index contributed by atoms with van der Waals surface area (Å²) in [6.07, 6.45) is 5.23. The van der Waals surface area contributed by atoms with E-state index in [0.717, 1.165) is 31.2 Å². The van der Waals surface area contributed by atoms with Crippen molar-refractivity contribution in [2.45, 2.75) is 44.6 Å². The number of aliphatic imine (C=N–C) groups is 1. The van der Waals surface area contributed by atoms with Crippen LogP contribution in [0.5, 0.6) is 0 Å². The Labute approximate surface area is 176 Å². The first-order valence-electron chi connectivity index (χ1n) is 10.6. The van der Waals surface area contributed by atoms with Crippen LogP contribution in [0.4, 0.5) is 5.69 Å². The molecule has 0 radical (unpaired) electrons. The van der Waals surface area contributed by atoms with E-state index in [0.29, 0.717) is 11.3 Å². The first kappa shape index (κ1) is 20.1. The first-order valence-corrected chi connectivity index (χ1v) is 10.6. The molecule has 30 heavy (non-hydrogen) atoms. The number of amides is 1. The van der Waals surface area contributed by atoms with Crippen LogP contribution in [0.25, 0.3) is 0 Å². The molecule has 1 saturated carbocycles. The first-order chi connectivity index (χ1) is 14.6. The number of esters is 1. The average molecular weight is 405 g/mol. The summed E-state index contributed by atoms with van der Waals surface area (Å²) in [6.45, 7) is 2.04. The van der Waals surface area contributed by atoms with Gasteiger partial charge in [0.1, 0.15) is 0 Å². The van der Waals surface area contributed by atoms with Crippen LogP contribution in [0, 0.1) is 5.92 Å². The molecular weight excluding hydrogens is 378 g/mol. The Hall–Kier alpha value is -3.15. The van der Waals surface area contributed by atoms with Crippen LogP contribution in [-0.4, -0.2) is 24.4 Å². The molecule has 2 N–H and O–H groups in total. The number of hydrogen-bond donors (Lipinski definition) is 1. The highest BCUT2D eigenvalue weighted by Crippen LogP contribution is 2.47. The summed E-state index contributed by atoms with van der Waals surface area (Å²) in [4.78, 5) is 32.4. The molecule has 0 saturated heterocycles. The molecule has 2 aromatic carbocycles. The number of rotatable bonds is 5. The Morgan fingerprint density at radius 1 is 1.13 bits per heavy atom.